The Kier molecular flexibility index (Phi) is 2.52. The van der Waals surface area contributed by atoms with E-state index in [4.69, 9.17) is 0 Å². The summed E-state index contributed by atoms with van der Waals surface area (Å²) < 4.78 is 0. The second kappa shape index (κ2) is 4.18. The minimum Gasteiger partial charge on any atom is -0.219 e. The number of hydrogen-bond donors (Lipinski definition) is 0. The first-order chi connectivity index (χ1) is 8.72. The molecule has 0 radical (unpaired) electrons. The van der Waals surface area contributed by atoms with Gasteiger partial charge in [0.15, 0.2) is 5.82 Å². The van der Waals surface area contributed by atoms with Crippen LogP contribution in [0.5, 0.6) is 0 Å². The molecule has 88 valence electrons. The van der Waals surface area contributed by atoms with Gasteiger partial charge in [-0.3, -0.25) is 0 Å². The summed E-state index contributed by atoms with van der Waals surface area (Å²) in [4.78, 5) is 13.0. The molecule has 0 unspecified atom stereocenters. The lowest BCUT2D eigenvalue weighted by Gasteiger charge is -2.04. The first-order valence-electron chi connectivity index (χ1n) is 5.91. The van der Waals surface area contributed by atoms with Gasteiger partial charge in [-0.15, -0.1) is 0 Å². The fraction of sp³-hybridized carbons (Fsp3) is 0.133. The van der Waals surface area contributed by atoms with Gasteiger partial charge in [-0.2, -0.15) is 0 Å². The van der Waals surface area contributed by atoms with Gasteiger partial charge in [0.05, 0.1) is 0 Å². The smallest absolute Gasteiger partial charge is 0.163 e. The van der Waals surface area contributed by atoms with E-state index in [0.29, 0.717) is 0 Å². The zero-order valence-corrected chi connectivity index (χ0v) is 10.4. The van der Waals surface area contributed by atoms with Crippen molar-refractivity contribution in [2.24, 2.45) is 0 Å². The van der Waals surface area contributed by atoms with E-state index < -0.39 is 0 Å². The Balaban J connectivity index is 2.19. The molecule has 1 aromatic heterocycles. The fourth-order valence-corrected chi connectivity index (χ4v) is 2.07. The standard InChI is InChI=1S/C15H13N3/c1-10-16-11(2)18-15(17-10)14-8-7-12-5-3-4-6-13(12)9-14/h3-9H,1-2H3. The van der Waals surface area contributed by atoms with Gasteiger partial charge in [-0.05, 0) is 30.7 Å². The van der Waals surface area contributed by atoms with Crippen LogP contribution in [0.15, 0.2) is 42.5 Å². The van der Waals surface area contributed by atoms with Crippen molar-refractivity contribution in [1.82, 2.24) is 15.0 Å². The monoisotopic (exact) mass is 235 g/mol. The maximum atomic E-state index is 4.39. The zero-order valence-electron chi connectivity index (χ0n) is 10.4. The molecule has 3 aromatic rings. The second-order valence-electron chi connectivity index (χ2n) is 4.32. The Bertz CT molecular complexity index is 700. The van der Waals surface area contributed by atoms with E-state index in [0.717, 1.165) is 23.0 Å². The van der Waals surface area contributed by atoms with Crippen LogP contribution >= 0.6 is 0 Å². The molecule has 3 rings (SSSR count). The lowest BCUT2D eigenvalue weighted by atomic mass is 10.1. The molecule has 18 heavy (non-hydrogen) atoms. The van der Waals surface area contributed by atoms with E-state index in [-0.39, 0.29) is 0 Å². The summed E-state index contributed by atoms with van der Waals surface area (Å²) in [5.41, 5.74) is 1.03. The average molecular weight is 235 g/mol. The summed E-state index contributed by atoms with van der Waals surface area (Å²) in [5, 5.41) is 2.43. The van der Waals surface area contributed by atoms with Gasteiger partial charge in [0.25, 0.3) is 0 Å². The van der Waals surface area contributed by atoms with Gasteiger partial charge in [-0.25, -0.2) is 15.0 Å². The number of aryl methyl sites for hydroxylation is 2. The molecule has 3 heteroatoms. The van der Waals surface area contributed by atoms with Crippen molar-refractivity contribution in [3.63, 3.8) is 0 Å². The van der Waals surface area contributed by atoms with E-state index in [2.05, 4.69) is 45.3 Å². The van der Waals surface area contributed by atoms with Gasteiger partial charge in [-0.1, -0.05) is 36.4 Å². The third kappa shape index (κ3) is 1.95. The molecular formula is C15H13N3. The normalized spacial score (nSPS) is 10.8. The highest BCUT2D eigenvalue weighted by molar-refractivity contribution is 5.86. The quantitative estimate of drug-likeness (QED) is 0.649. The van der Waals surface area contributed by atoms with Crippen LogP contribution in [0, 0.1) is 13.8 Å². The van der Waals surface area contributed by atoms with Gasteiger partial charge < -0.3 is 0 Å². The van der Waals surface area contributed by atoms with Crippen molar-refractivity contribution < 1.29 is 0 Å². The molecule has 0 aliphatic carbocycles. The van der Waals surface area contributed by atoms with Gasteiger partial charge in [0, 0.05) is 5.56 Å². The molecule has 0 bridgehead atoms. The summed E-state index contributed by atoms with van der Waals surface area (Å²) in [6.45, 7) is 3.78. The maximum absolute atomic E-state index is 4.39. The van der Waals surface area contributed by atoms with E-state index in [9.17, 15) is 0 Å². The van der Waals surface area contributed by atoms with Gasteiger partial charge in [0.2, 0.25) is 0 Å². The summed E-state index contributed by atoms with van der Waals surface area (Å²) in [7, 11) is 0. The lowest BCUT2D eigenvalue weighted by molar-refractivity contribution is 0.929. The molecule has 0 amide bonds. The number of rotatable bonds is 1. The molecule has 2 aromatic carbocycles. The van der Waals surface area contributed by atoms with Crippen LogP contribution < -0.4 is 0 Å². The van der Waals surface area contributed by atoms with Crippen LogP contribution in [0.3, 0.4) is 0 Å². The molecule has 0 saturated carbocycles. The fourth-order valence-electron chi connectivity index (χ4n) is 2.07. The number of benzene rings is 2. The summed E-state index contributed by atoms with van der Waals surface area (Å²) in [6.07, 6.45) is 0. The van der Waals surface area contributed by atoms with Crippen LogP contribution in [0.4, 0.5) is 0 Å². The molecule has 0 aliphatic rings. The first-order valence-corrected chi connectivity index (χ1v) is 5.91. The van der Waals surface area contributed by atoms with Crippen molar-refractivity contribution in [3.05, 3.63) is 54.1 Å². The van der Waals surface area contributed by atoms with Crippen LogP contribution in [-0.2, 0) is 0 Å². The maximum Gasteiger partial charge on any atom is 0.163 e. The Morgan fingerprint density at radius 2 is 1.39 bits per heavy atom. The Hall–Kier alpha value is -2.29. The first kappa shape index (κ1) is 10.8. The Morgan fingerprint density at radius 1 is 0.722 bits per heavy atom. The molecule has 0 fully saturated rings. The summed E-state index contributed by atoms with van der Waals surface area (Å²) in [5.74, 6) is 2.25. The molecule has 0 N–H and O–H groups in total. The Labute approximate surface area is 106 Å². The molecule has 0 saturated heterocycles. The van der Waals surface area contributed by atoms with Gasteiger partial charge >= 0.3 is 0 Å². The highest BCUT2D eigenvalue weighted by Gasteiger charge is 2.04. The van der Waals surface area contributed by atoms with E-state index in [1.165, 1.54) is 10.8 Å². The average Bonchev–Trinajstić information content (AvgIpc) is 2.37. The van der Waals surface area contributed by atoms with Crippen LogP contribution in [-0.4, -0.2) is 15.0 Å². The molecular weight excluding hydrogens is 222 g/mol. The van der Waals surface area contributed by atoms with Crippen molar-refractivity contribution in [2.45, 2.75) is 13.8 Å². The van der Waals surface area contributed by atoms with E-state index >= 15 is 0 Å². The van der Waals surface area contributed by atoms with Crippen molar-refractivity contribution in [3.8, 4) is 11.4 Å². The number of nitrogens with zero attached hydrogens (tertiary/aromatic N) is 3. The number of fused-ring (bicyclic) bond motifs is 1. The third-order valence-corrected chi connectivity index (χ3v) is 2.87. The predicted octanol–water partition coefficient (Wildman–Crippen LogP) is 3.31. The summed E-state index contributed by atoms with van der Waals surface area (Å²) in [6, 6.07) is 14.5. The van der Waals surface area contributed by atoms with Gasteiger partial charge in [0.1, 0.15) is 11.6 Å². The zero-order chi connectivity index (χ0) is 12.5. The molecule has 0 atom stereocenters. The lowest BCUT2D eigenvalue weighted by Crippen LogP contribution is -1.98. The number of aromatic nitrogens is 3. The van der Waals surface area contributed by atoms with Crippen molar-refractivity contribution in [1.29, 1.82) is 0 Å². The van der Waals surface area contributed by atoms with Crippen LogP contribution in [0.1, 0.15) is 11.6 Å². The predicted molar refractivity (Wildman–Crippen MR) is 72.2 cm³/mol. The second-order valence-corrected chi connectivity index (χ2v) is 4.32. The van der Waals surface area contributed by atoms with Crippen molar-refractivity contribution in [2.75, 3.05) is 0 Å². The number of hydrogen-bond acceptors (Lipinski definition) is 3. The highest BCUT2D eigenvalue weighted by atomic mass is 15.0. The minimum absolute atomic E-state index is 0.741. The third-order valence-electron chi connectivity index (χ3n) is 2.87. The molecule has 1 heterocycles. The summed E-state index contributed by atoms with van der Waals surface area (Å²) >= 11 is 0. The topological polar surface area (TPSA) is 38.7 Å². The largest absolute Gasteiger partial charge is 0.219 e. The molecule has 3 nitrogen and oxygen atoms in total. The molecule has 0 spiro atoms. The highest BCUT2D eigenvalue weighted by Crippen LogP contribution is 2.21. The molecule has 0 aliphatic heterocycles. The van der Waals surface area contributed by atoms with Crippen LogP contribution in [0.25, 0.3) is 22.2 Å². The Morgan fingerprint density at radius 3 is 2.11 bits per heavy atom. The van der Waals surface area contributed by atoms with Crippen LogP contribution in [0.2, 0.25) is 0 Å². The minimum atomic E-state index is 0.741. The van der Waals surface area contributed by atoms with Crippen molar-refractivity contribution >= 4 is 10.8 Å². The van der Waals surface area contributed by atoms with E-state index in [1.807, 2.05) is 26.0 Å². The SMILES string of the molecule is Cc1nc(C)nc(-c2ccc3ccccc3c2)n1. The van der Waals surface area contributed by atoms with E-state index in [1.54, 1.807) is 0 Å².